The predicted octanol–water partition coefficient (Wildman–Crippen LogP) is 5.83. The van der Waals surface area contributed by atoms with E-state index in [9.17, 15) is 18.7 Å². The number of likely N-dealkylation sites (tertiary alicyclic amines) is 1. The van der Waals surface area contributed by atoms with Crippen LogP contribution in [0.5, 0.6) is 0 Å². The zero-order valence-corrected chi connectivity index (χ0v) is 21.1. The summed E-state index contributed by atoms with van der Waals surface area (Å²) in [6.45, 7) is 2.32. The van der Waals surface area contributed by atoms with Crippen LogP contribution in [0.25, 0.3) is 33.2 Å². The number of carboxylic acid groups (broad SMARTS) is 1. The summed E-state index contributed by atoms with van der Waals surface area (Å²) in [5.41, 5.74) is 6.87. The third-order valence-corrected chi connectivity index (χ3v) is 7.74. The first kappa shape index (κ1) is 24.7. The Morgan fingerprint density at radius 1 is 1.00 bits per heavy atom. The molecular formula is C28H26ClN2O4S-. The van der Waals surface area contributed by atoms with Gasteiger partial charge in [0.05, 0.1) is 10.9 Å². The summed E-state index contributed by atoms with van der Waals surface area (Å²) in [7, 11) is 0. The minimum atomic E-state index is -2.09. The Morgan fingerprint density at radius 3 is 2.22 bits per heavy atom. The quantitative estimate of drug-likeness (QED) is 0.298. The molecule has 8 heteroatoms. The van der Waals surface area contributed by atoms with E-state index in [1.54, 1.807) is 0 Å². The number of halogens is 1. The van der Waals surface area contributed by atoms with Gasteiger partial charge < -0.3 is 14.6 Å². The molecule has 36 heavy (non-hydrogen) atoms. The number of nitrogens with zero attached hydrogens (tertiary/aromatic N) is 1. The van der Waals surface area contributed by atoms with Crippen LogP contribution >= 0.6 is 11.6 Å². The highest BCUT2D eigenvalue weighted by molar-refractivity contribution is 7.78. The number of hydrogen-bond acceptors (Lipinski definition) is 4. The molecule has 6 nitrogen and oxygen atoms in total. The van der Waals surface area contributed by atoms with Crippen LogP contribution in [0.2, 0.25) is 5.02 Å². The summed E-state index contributed by atoms with van der Waals surface area (Å²) in [5, 5.41) is 11.0. The zero-order valence-electron chi connectivity index (χ0n) is 19.6. The van der Waals surface area contributed by atoms with Gasteiger partial charge in [-0.15, -0.1) is 0 Å². The second kappa shape index (κ2) is 10.6. The maximum atomic E-state index is 11.2. The Morgan fingerprint density at radius 2 is 1.61 bits per heavy atom. The first-order valence-electron chi connectivity index (χ1n) is 11.9. The van der Waals surface area contributed by atoms with E-state index < -0.39 is 17.0 Å². The number of rotatable bonds is 7. The number of piperidine rings is 1. The van der Waals surface area contributed by atoms with E-state index in [0.29, 0.717) is 17.9 Å². The summed E-state index contributed by atoms with van der Waals surface area (Å²) in [5.74, 6) is -0.903. The summed E-state index contributed by atoms with van der Waals surface area (Å²) < 4.78 is 21.8. The lowest BCUT2D eigenvalue weighted by Gasteiger charge is -2.29. The Balaban J connectivity index is 1.31. The van der Waals surface area contributed by atoms with Gasteiger partial charge >= 0.3 is 5.97 Å². The normalized spacial score (nSPS) is 15.8. The van der Waals surface area contributed by atoms with Gasteiger partial charge in [0.15, 0.2) is 0 Å². The molecule has 0 saturated carbocycles. The molecule has 3 aromatic carbocycles. The second-order valence-electron chi connectivity index (χ2n) is 9.32. The van der Waals surface area contributed by atoms with Crippen molar-refractivity contribution in [3.8, 4) is 22.3 Å². The van der Waals surface area contributed by atoms with Gasteiger partial charge in [-0.1, -0.05) is 71.2 Å². The average molecular weight is 522 g/mol. The second-order valence-corrected chi connectivity index (χ2v) is 10.6. The minimum absolute atomic E-state index is 0.0181. The number of fused-ring (bicyclic) bond motifs is 1. The van der Waals surface area contributed by atoms with Crippen molar-refractivity contribution in [1.29, 1.82) is 0 Å². The molecule has 5 rings (SSSR count). The van der Waals surface area contributed by atoms with Crippen molar-refractivity contribution < 1.29 is 18.7 Å². The molecule has 2 heterocycles. The maximum absolute atomic E-state index is 11.2. The van der Waals surface area contributed by atoms with Crippen molar-refractivity contribution in [3.05, 3.63) is 83.0 Å². The number of hydrogen-bond donors (Lipinski definition) is 2. The highest BCUT2D eigenvalue weighted by Gasteiger charge is 2.24. The highest BCUT2D eigenvalue weighted by Crippen LogP contribution is 2.34. The van der Waals surface area contributed by atoms with Crippen molar-refractivity contribution >= 4 is 39.6 Å². The number of aromatic amines is 1. The number of nitrogens with one attached hydrogen (secondary N) is 1. The van der Waals surface area contributed by atoms with Crippen molar-refractivity contribution in [2.45, 2.75) is 25.1 Å². The number of carboxylic acids is 1. The van der Waals surface area contributed by atoms with E-state index in [-0.39, 0.29) is 11.7 Å². The van der Waals surface area contributed by atoms with E-state index in [2.05, 4.69) is 22.0 Å². The number of benzene rings is 3. The van der Waals surface area contributed by atoms with Gasteiger partial charge in [-0.25, -0.2) is 0 Å². The molecule has 0 spiro atoms. The molecule has 0 bridgehead atoms. The summed E-state index contributed by atoms with van der Waals surface area (Å²) in [4.78, 5) is 16.9. The fraction of sp³-hybridized carbons (Fsp3) is 0.250. The third kappa shape index (κ3) is 5.55. The van der Waals surface area contributed by atoms with Crippen molar-refractivity contribution in [2.24, 2.45) is 5.92 Å². The Labute approximate surface area is 217 Å². The monoisotopic (exact) mass is 521 g/mol. The van der Waals surface area contributed by atoms with Gasteiger partial charge in [0.25, 0.3) is 0 Å². The molecule has 0 amide bonds. The number of aromatic nitrogens is 1. The minimum Gasteiger partial charge on any atom is -0.772 e. The van der Waals surface area contributed by atoms with Crippen LogP contribution in [0.4, 0.5) is 0 Å². The van der Waals surface area contributed by atoms with E-state index >= 15 is 0 Å². The van der Waals surface area contributed by atoms with Crippen molar-refractivity contribution in [2.75, 3.05) is 13.1 Å². The van der Waals surface area contributed by atoms with E-state index in [1.807, 2.05) is 54.6 Å². The molecule has 0 radical (unpaired) electrons. The van der Waals surface area contributed by atoms with E-state index in [4.69, 9.17) is 11.6 Å². The SMILES string of the molecule is O=C(O)C1CCN(Cc2cc3cc(-c4ccc(-c5ccc(CS(=O)[O-])cc5)cc4)c(Cl)cc3[nH]2)CC1. The summed E-state index contributed by atoms with van der Waals surface area (Å²) in [6, 6.07) is 21.9. The molecule has 1 aliphatic heterocycles. The van der Waals surface area contributed by atoms with E-state index in [0.717, 1.165) is 64.0 Å². The largest absolute Gasteiger partial charge is 0.772 e. The smallest absolute Gasteiger partial charge is 0.306 e. The van der Waals surface area contributed by atoms with Crippen LogP contribution in [0, 0.1) is 5.92 Å². The first-order chi connectivity index (χ1) is 17.4. The van der Waals surface area contributed by atoms with Crippen LogP contribution in [0.1, 0.15) is 24.1 Å². The lowest BCUT2D eigenvalue weighted by Crippen LogP contribution is -2.35. The van der Waals surface area contributed by atoms with Crippen LogP contribution in [0.3, 0.4) is 0 Å². The van der Waals surface area contributed by atoms with Crippen LogP contribution in [0.15, 0.2) is 66.7 Å². The van der Waals surface area contributed by atoms with E-state index in [1.165, 1.54) is 0 Å². The van der Waals surface area contributed by atoms with Gasteiger partial charge in [-0.3, -0.25) is 13.9 Å². The Bertz CT molecular complexity index is 1410. The molecule has 1 unspecified atom stereocenters. The maximum Gasteiger partial charge on any atom is 0.306 e. The zero-order chi connectivity index (χ0) is 25.2. The molecule has 0 aliphatic carbocycles. The number of carbonyl (C=O) groups is 1. The topological polar surface area (TPSA) is 96.5 Å². The highest BCUT2D eigenvalue weighted by atomic mass is 35.5. The number of H-pyrrole nitrogens is 1. The van der Waals surface area contributed by atoms with Crippen molar-refractivity contribution in [3.63, 3.8) is 0 Å². The predicted molar refractivity (Wildman–Crippen MR) is 142 cm³/mol. The van der Waals surface area contributed by atoms with Crippen LogP contribution < -0.4 is 0 Å². The van der Waals surface area contributed by atoms with Crippen molar-refractivity contribution in [1.82, 2.24) is 9.88 Å². The molecule has 2 N–H and O–H groups in total. The van der Waals surface area contributed by atoms with Gasteiger partial charge in [0.2, 0.25) is 0 Å². The van der Waals surface area contributed by atoms with Crippen LogP contribution in [-0.4, -0.2) is 42.8 Å². The molecule has 186 valence electrons. The molecule has 1 saturated heterocycles. The van der Waals surface area contributed by atoms with Gasteiger partial charge in [0, 0.05) is 34.5 Å². The number of aliphatic carboxylic acids is 1. The van der Waals surface area contributed by atoms with Gasteiger partial charge in [-0.2, -0.15) is 0 Å². The lowest BCUT2D eigenvalue weighted by atomic mass is 9.97. The fourth-order valence-corrected chi connectivity index (χ4v) is 5.61. The molecular weight excluding hydrogens is 496 g/mol. The molecule has 4 aromatic rings. The van der Waals surface area contributed by atoms with Gasteiger partial charge in [-0.05, 0) is 66.4 Å². The standard InChI is InChI=1S/C28H27ClN2O4S/c29-26-15-27-23(13-24(30-27)16-31-11-9-22(10-12-31)28(32)33)14-25(26)21-7-5-20(6-8-21)19-3-1-18(2-4-19)17-36(34)35/h1-8,13-15,22,30H,9-12,16-17H2,(H,32,33)(H,34,35)/p-1. The molecule has 1 aromatic heterocycles. The fourth-order valence-electron chi connectivity index (χ4n) is 4.87. The lowest BCUT2D eigenvalue weighted by molar-refractivity contribution is -0.143. The molecule has 1 aliphatic rings. The first-order valence-corrected chi connectivity index (χ1v) is 13.5. The third-order valence-electron chi connectivity index (χ3n) is 6.86. The Kier molecular flexibility index (Phi) is 7.25. The average Bonchev–Trinajstić information content (AvgIpc) is 3.25. The molecule has 1 atom stereocenters. The Hall–Kier alpha value is -2.97. The summed E-state index contributed by atoms with van der Waals surface area (Å²) in [6.07, 6.45) is 1.37. The van der Waals surface area contributed by atoms with Gasteiger partial charge in [0.1, 0.15) is 0 Å². The molecule has 1 fully saturated rings. The summed E-state index contributed by atoms with van der Waals surface area (Å²) >= 11 is 4.57. The van der Waals surface area contributed by atoms with Crippen LogP contribution in [-0.2, 0) is 28.2 Å².